The van der Waals surface area contributed by atoms with Gasteiger partial charge in [-0.25, -0.2) is 4.79 Å². The first-order chi connectivity index (χ1) is 8.56. The standard InChI is InChI=1S/C11H17N3O4/c1-2-14(4-3-5-15)10(17)7-8-6-9(16)13-11(18)12-8/h6,15H,2-5,7H2,1H3,(H2,12,13,16,18). The summed E-state index contributed by atoms with van der Waals surface area (Å²) in [5, 5.41) is 8.72. The zero-order valence-corrected chi connectivity index (χ0v) is 10.2. The number of H-pyrrole nitrogens is 2. The molecule has 0 aliphatic carbocycles. The van der Waals surface area contributed by atoms with E-state index in [-0.39, 0.29) is 24.6 Å². The van der Waals surface area contributed by atoms with Gasteiger partial charge in [-0.1, -0.05) is 0 Å². The smallest absolute Gasteiger partial charge is 0.325 e. The Balaban J connectivity index is 2.73. The van der Waals surface area contributed by atoms with E-state index in [1.54, 1.807) is 4.90 Å². The largest absolute Gasteiger partial charge is 0.396 e. The average molecular weight is 255 g/mol. The highest BCUT2D eigenvalue weighted by molar-refractivity contribution is 5.78. The fraction of sp³-hybridized carbons (Fsp3) is 0.545. The molecular weight excluding hydrogens is 238 g/mol. The predicted octanol–water partition coefficient (Wildman–Crippen LogP) is -1.16. The number of likely N-dealkylation sites (N-methyl/N-ethyl adjacent to an activating group) is 1. The van der Waals surface area contributed by atoms with E-state index < -0.39 is 11.2 Å². The molecule has 0 aromatic carbocycles. The van der Waals surface area contributed by atoms with Crippen molar-refractivity contribution in [1.29, 1.82) is 0 Å². The molecule has 18 heavy (non-hydrogen) atoms. The third kappa shape index (κ3) is 4.17. The summed E-state index contributed by atoms with van der Waals surface area (Å²) in [4.78, 5) is 40.0. The van der Waals surface area contributed by atoms with Crippen LogP contribution in [0.25, 0.3) is 0 Å². The van der Waals surface area contributed by atoms with Crippen LogP contribution in [-0.2, 0) is 11.2 Å². The molecule has 0 radical (unpaired) electrons. The van der Waals surface area contributed by atoms with Crippen LogP contribution in [0.4, 0.5) is 0 Å². The van der Waals surface area contributed by atoms with Crippen LogP contribution in [0.15, 0.2) is 15.7 Å². The molecule has 3 N–H and O–H groups in total. The summed E-state index contributed by atoms with van der Waals surface area (Å²) in [6, 6.07) is 1.19. The second-order valence-electron chi connectivity index (χ2n) is 3.84. The van der Waals surface area contributed by atoms with Crippen molar-refractivity contribution in [1.82, 2.24) is 14.9 Å². The van der Waals surface area contributed by atoms with Crippen molar-refractivity contribution in [2.75, 3.05) is 19.7 Å². The quantitative estimate of drug-likeness (QED) is 0.596. The molecule has 0 saturated heterocycles. The highest BCUT2D eigenvalue weighted by Crippen LogP contribution is 1.98. The first-order valence-electron chi connectivity index (χ1n) is 5.78. The van der Waals surface area contributed by atoms with Gasteiger partial charge in [-0.2, -0.15) is 0 Å². The number of rotatable bonds is 6. The summed E-state index contributed by atoms with van der Waals surface area (Å²) < 4.78 is 0. The highest BCUT2D eigenvalue weighted by Gasteiger charge is 2.12. The van der Waals surface area contributed by atoms with Crippen molar-refractivity contribution in [3.8, 4) is 0 Å². The second kappa shape index (κ2) is 6.75. The van der Waals surface area contributed by atoms with E-state index in [9.17, 15) is 14.4 Å². The van der Waals surface area contributed by atoms with Crippen molar-refractivity contribution in [2.45, 2.75) is 19.8 Å². The molecule has 1 aromatic rings. The summed E-state index contributed by atoms with van der Waals surface area (Å²) in [5.74, 6) is -0.188. The van der Waals surface area contributed by atoms with E-state index in [1.807, 2.05) is 11.9 Å². The third-order valence-corrected chi connectivity index (χ3v) is 2.48. The van der Waals surface area contributed by atoms with Gasteiger partial charge in [-0.15, -0.1) is 0 Å². The number of carbonyl (C=O) groups is 1. The van der Waals surface area contributed by atoms with Gasteiger partial charge in [-0.05, 0) is 13.3 Å². The highest BCUT2D eigenvalue weighted by atomic mass is 16.3. The molecular formula is C11H17N3O4. The lowest BCUT2D eigenvalue weighted by Gasteiger charge is -2.20. The summed E-state index contributed by atoms with van der Waals surface area (Å²) in [7, 11) is 0. The topological polar surface area (TPSA) is 106 Å². The Kier molecular flexibility index (Phi) is 5.31. The minimum atomic E-state index is -0.622. The number of hydrogen-bond donors (Lipinski definition) is 3. The Morgan fingerprint density at radius 1 is 1.39 bits per heavy atom. The zero-order chi connectivity index (χ0) is 13.5. The minimum absolute atomic E-state index is 0.0195. The zero-order valence-electron chi connectivity index (χ0n) is 10.2. The van der Waals surface area contributed by atoms with Crippen molar-refractivity contribution in [3.05, 3.63) is 32.6 Å². The summed E-state index contributed by atoms with van der Waals surface area (Å²) in [6.07, 6.45) is 0.476. The number of amides is 1. The van der Waals surface area contributed by atoms with Gasteiger partial charge in [0.25, 0.3) is 5.56 Å². The lowest BCUT2D eigenvalue weighted by Crippen LogP contribution is -2.34. The number of nitrogens with zero attached hydrogens (tertiary/aromatic N) is 1. The van der Waals surface area contributed by atoms with E-state index in [4.69, 9.17) is 5.11 Å². The maximum atomic E-state index is 11.9. The van der Waals surface area contributed by atoms with Crippen LogP contribution in [-0.4, -0.2) is 45.6 Å². The van der Waals surface area contributed by atoms with Gasteiger partial charge in [-0.3, -0.25) is 14.6 Å². The number of aliphatic hydroxyl groups is 1. The molecule has 0 aliphatic heterocycles. The van der Waals surface area contributed by atoms with Gasteiger partial charge < -0.3 is 15.0 Å². The monoisotopic (exact) mass is 255 g/mol. The lowest BCUT2D eigenvalue weighted by molar-refractivity contribution is -0.130. The summed E-state index contributed by atoms with van der Waals surface area (Å²) >= 11 is 0. The Hall–Kier alpha value is -1.89. The molecule has 0 aliphatic rings. The molecule has 7 nitrogen and oxygen atoms in total. The number of hydrogen-bond acceptors (Lipinski definition) is 4. The number of carbonyl (C=O) groups excluding carboxylic acids is 1. The van der Waals surface area contributed by atoms with Gasteiger partial charge >= 0.3 is 5.69 Å². The van der Waals surface area contributed by atoms with Crippen molar-refractivity contribution >= 4 is 5.91 Å². The Labute approximate surface area is 103 Å². The van der Waals surface area contributed by atoms with Gasteiger partial charge in [0.15, 0.2) is 0 Å². The number of aromatic nitrogens is 2. The molecule has 1 aromatic heterocycles. The molecule has 0 atom stereocenters. The van der Waals surface area contributed by atoms with Gasteiger partial charge in [0, 0.05) is 31.5 Å². The fourth-order valence-corrected chi connectivity index (χ4v) is 1.61. The van der Waals surface area contributed by atoms with Crippen LogP contribution in [0.2, 0.25) is 0 Å². The molecule has 7 heteroatoms. The minimum Gasteiger partial charge on any atom is -0.396 e. The molecule has 1 amide bonds. The van der Waals surface area contributed by atoms with E-state index in [1.165, 1.54) is 6.07 Å². The number of aromatic amines is 2. The van der Waals surface area contributed by atoms with Gasteiger partial charge in [0.05, 0.1) is 6.42 Å². The molecule has 1 rings (SSSR count). The molecule has 0 saturated carbocycles. The van der Waals surface area contributed by atoms with Gasteiger partial charge in [0.2, 0.25) is 5.91 Å². The molecule has 0 fully saturated rings. The molecule has 0 bridgehead atoms. The molecule has 1 heterocycles. The van der Waals surface area contributed by atoms with Gasteiger partial charge in [0.1, 0.15) is 0 Å². The summed E-state index contributed by atoms with van der Waals surface area (Å²) in [5.41, 5.74) is -0.861. The second-order valence-corrected chi connectivity index (χ2v) is 3.84. The van der Waals surface area contributed by atoms with E-state index in [0.29, 0.717) is 19.5 Å². The Morgan fingerprint density at radius 3 is 2.67 bits per heavy atom. The Bertz CT molecular complexity index is 477. The number of aliphatic hydroxyl groups excluding tert-OH is 1. The SMILES string of the molecule is CCN(CCCO)C(=O)Cc1cc(=O)[nH]c(=O)[nH]1. The van der Waals surface area contributed by atoms with Crippen LogP contribution in [0.1, 0.15) is 19.0 Å². The maximum absolute atomic E-state index is 11.9. The van der Waals surface area contributed by atoms with Crippen LogP contribution in [0, 0.1) is 0 Å². The van der Waals surface area contributed by atoms with E-state index >= 15 is 0 Å². The van der Waals surface area contributed by atoms with Crippen molar-refractivity contribution < 1.29 is 9.90 Å². The molecule has 100 valence electrons. The predicted molar refractivity (Wildman–Crippen MR) is 65.3 cm³/mol. The average Bonchev–Trinajstić information content (AvgIpc) is 2.28. The fourth-order valence-electron chi connectivity index (χ4n) is 1.61. The summed E-state index contributed by atoms with van der Waals surface area (Å²) in [6.45, 7) is 2.83. The Morgan fingerprint density at radius 2 is 2.11 bits per heavy atom. The van der Waals surface area contributed by atoms with Crippen molar-refractivity contribution in [3.63, 3.8) is 0 Å². The first-order valence-corrected chi connectivity index (χ1v) is 5.78. The van der Waals surface area contributed by atoms with Crippen LogP contribution in [0.5, 0.6) is 0 Å². The van der Waals surface area contributed by atoms with E-state index in [2.05, 4.69) is 4.98 Å². The maximum Gasteiger partial charge on any atom is 0.325 e. The van der Waals surface area contributed by atoms with E-state index in [0.717, 1.165) is 0 Å². The first kappa shape index (κ1) is 14.2. The molecule has 0 unspecified atom stereocenters. The van der Waals surface area contributed by atoms with Crippen LogP contribution in [0.3, 0.4) is 0 Å². The molecule has 0 spiro atoms. The normalized spacial score (nSPS) is 10.3. The van der Waals surface area contributed by atoms with Crippen molar-refractivity contribution in [2.24, 2.45) is 0 Å². The third-order valence-electron chi connectivity index (χ3n) is 2.48. The number of nitrogens with one attached hydrogen (secondary N) is 2. The lowest BCUT2D eigenvalue weighted by atomic mass is 10.2. The van der Waals surface area contributed by atoms with Crippen LogP contribution < -0.4 is 11.2 Å². The van der Waals surface area contributed by atoms with Crippen LogP contribution >= 0.6 is 0 Å².